The molecule has 0 atom stereocenters. The fraction of sp³-hybridized carbons (Fsp3) is 0.227. The summed E-state index contributed by atoms with van der Waals surface area (Å²) in [5.41, 5.74) is 5.05. The quantitative estimate of drug-likeness (QED) is 0.734. The number of carbonyl (C=O) groups excluding carboxylic acids is 1. The van der Waals surface area contributed by atoms with Crippen LogP contribution < -0.4 is 10.1 Å². The van der Waals surface area contributed by atoms with E-state index in [2.05, 4.69) is 34.5 Å². The molecule has 5 nitrogen and oxygen atoms in total. The van der Waals surface area contributed by atoms with E-state index in [4.69, 9.17) is 4.74 Å². The maximum absolute atomic E-state index is 12.5. The second kappa shape index (κ2) is 7.29. The van der Waals surface area contributed by atoms with Gasteiger partial charge in [0.1, 0.15) is 5.75 Å². The van der Waals surface area contributed by atoms with Crippen LogP contribution in [0.3, 0.4) is 0 Å². The Morgan fingerprint density at radius 1 is 1.19 bits per heavy atom. The third kappa shape index (κ3) is 3.59. The van der Waals surface area contributed by atoms with Crippen LogP contribution in [0.1, 0.15) is 22.3 Å². The summed E-state index contributed by atoms with van der Waals surface area (Å²) in [5.74, 6) is 0.601. The molecule has 0 saturated heterocycles. The van der Waals surface area contributed by atoms with E-state index in [1.165, 1.54) is 11.1 Å². The first kappa shape index (κ1) is 17.4. The standard InChI is InChI=1S/C22H23N3O2/c1-25-11-9-15(10-12-25)20-14-23-21-8-5-17(13-19(20)21)24-22(26)16-3-6-18(27-2)7-4-16/h3-9,13-14,23H,10-12H2,1-2H3,(H,24,26). The van der Waals surface area contributed by atoms with E-state index in [-0.39, 0.29) is 5.91 Å². The zero-order valence-electron chi connectivity index (χ0n) is 15.6. The molecule has 5 heteroatoms. The third-order valence-electron chi connectivity index (χ3n) is 5.05. The lowest BCUT2D eigenvalue weighted by atomic mass is 9.99. The highest BCUT2D eigenvalue weighted by atomic mass is 16.5. The smallest absolute Gasteiger partial charge is 0.255 e. The van der Waals surface area contributed by atoms with Crippen molar-refractivity contribution in [2.24, 2.45) is 0 Å². The van der Waals surface area contributed by atoms with Crippen molar-refractivity contribution in [2.75, 3.05) is 32.6 Å². The number of H-pyrrole nitrogens is 1. The molecule has 138 valence electrons. The van der Waals surface area contributed by atoms with Crippen LogP contribution in [-0.4, -0.2) is 43.0 Å². The molecule has 4 rings (SSSR count). The molecular weight excluding hydrogens is 338 g/mol. The highest BCUT2D eigenvalue weighted by Gasteiger charge is 2.14. The van der Waals surface area contributed by atoms with Gasteiger partial charge in [0.05, 0.1) is 7.11 Å². The van der Waals surface area contributed by atoms with Crippen molar-refractivity contribution in [3.05, 3.63) is 65.9 Å². The molecule has 0 unspecified atom stereocenters. The van der Waals surface area contributed by atoms with Crippen molar-refractivity contribution in [3.63, 3.8) is 0 Å². The van der Waals surface area contributed by atoms with Crippen molar-refractivity contribution in [2.45, 2.75) is 6.42 Å². The molecule has 2 N–H and O–H groups in total. The Morgan fingerprint density at radius 3 is 2.70 bits per heavy atom. The Hall–Kier alpha value is -3.05. The minimum absolute atomic E-state index is 0.132. The number of aromatic nitrogens is 1. The molecule has 0 bridgehead atoms. The number of likely N-dealkylation sites (N-methyl/N-ethyl adjacent to an activating group) is 1. The SMILES string of the molecule is COc1ccc(C(=O)Nc2ccc3[nH]cc(C4=CCN(C)CC4)c3c2)cc1. The highest BCUT2D eigenvalue weighted by molar-refractivity contribution is 6.05. The molecule has 2 aromatic carbocycles. The largest absolute Gasteiger partial charge is 0.497 e. The van der Waals surface area contributed by atoms with Gasteiger partial charge in [-0.05, 0) is 61.5 Å². The molecule has 3 aromatic rings. The number of ether oxygens (including phenoxy) is 1. The highest BCUT2D eigenvalue weighted by Crippen LogP contribution is 2.31. The van der Waals surface area contributed by atoms with E-state index < -0.39 is 0 Å². The van der Waals surface area contributed by atoms with Crippen LogP contribution in [-0.2, 0) is 0 Å². The fourth-order valence-electron chi connectivity index (χ4n) is 3.43. The van der Waals surface area contributed by atoms with E-state index >= 15 is 0 Å². The molecule has 0 radical (unpaired) electrons. The Bertz CT molecular complexity index is 1000. The van der Waals surface area contributed by atoms with Crippen LogP contribution in [0.5, 0.6) is 5.75 Å². The van der Waals surface area contributed by atoms with Crippen LogP contribution in [0.15, 0.2) is 54.7 Å². The molecule has 0 spiro atoms. The number of hydrogen-bond acceptors (Lipinski definition) is 3. The van der Waals surface area contributed by atoms with Crippen molar-refractivity contribution < 1.29 is 9.53 Å². The maximum atomic E-state index is 12.5. The second-order valence-corrected chi connectivity index (χ2v) is 6.89. The Morgan fingerprint density at radius 2 is 2.00 bits per heavy atom. The summed E-state index contributed by atoms with van der Waals surface area (Å²) in [5, 5.41) is 4.13. The zero-order chi connectivity index (χ0) is 18.8. The lowest BCUT2D eigenvalue weighted by Gasteiger charge is -2.21. The summed E-state index contributed by atoms with van der Waals surface area (Å²) in [6.45, 7) is 2.03. The van der Waals surface area contributed by atoms with Gasteiger partial charge in [0, 0.05) is 47.0 Å². The normalized spacial score (nSPS) is 14.8. The summed E-state index contributed by atoms with van der Waals surface area (Å²) in [6.07, 6.45) is 5.39. The van der Waals surface area contributed by atoms with E-state index in [1.54, 1.807) is 31.4 Å². The van der Waals surface area contributed by atoms with Crippen molar-refractivity contribution in [3.8, 4) is 5.75 Å². The van der Waals surface area contributed by atoms with E-state index in [0.717, 1.165) is 41.9 Å². The van der Waals surface area contributed by atoms with Crippen molar-refractivity contribution in [1.29, 1.82) is 0 Å². The van der Waals surface area contributed by atoms with Gasteiger partial charge >= 0.3 is 0 Å². The number of aromatic amines is 1. The Balaban J connectivity index is 1.59. The first-order valence-electron chi connectivity index (χ1n) is 9.08. The average molecular weight is 361 g/mol. The third-order valence-corrected chi connectivity index (χ3v) is 5.05. The fourth-order valence-corrected chi connectivity index (χ4v) is 3.43. The molecule has 27 heavy (non-hydrogen) atoms. The second-order valence-electron chi connectivity index (χ2n) is 6.89. The summed E-state index contributed by atoms with van der Waals surface area (Å²) >= 11 is 0. The maximum Gasteiger partial charge on any atom is 0.255 e. The number of nitrogens with one attached hydrogen (secondary N) is 2. The number of carbonyl (C=O) groups is 1. The van der Waals surface area contributed by atoms with Crippen LogP contribution in [0, 0.1) is 0 Å². The number of rotatable bonds is 4. The Labute approximate surface area is 158 Å². The van der Waals surface area contributed by atoms with Crippen LogP contribution >= 0.6 is 0 Å². The molecule has 1 amide bonds. The first-order valence-corrected chi connectivity index (χ1v) is 9.08. The molecule has 1 aliphatic rings. The minimum atomic E-state index is -0.132. The number of benzene rings is 2. The monoisotopic (exact) mass is 361 g/mol. The number of anilines is 1. The Kier molecular flexibility index (Phi) is 4.69. The van der Waals surface area contributed by atoms with Gasteiger partial charge in [0.25, 0.3) is 5.91 Å². The van der Waals surface area contributed by atoms with Gasteiger partial charge in [-0.2, -0.15) is 0 Å². The van der Waals surface area contributed by atoms with E-state index in [9.17, 15) is 4.79 Å². The van der Waals surface area contributed by atoms with Crippen molar-refractivity contribution >= 4 is 28.1 Å². The topological polar surface area (TPSA) is 57.4 Å². The summed E-state index contributed by atoms with van der Waals surface area (Å²) in [7, 11) is 3.74. The predicted octanol–water partition coefficient (Wildman–Crippen LogP) is 4.15. The molecule has 1 aromatic heterocycles. The number of hydrogen-bond donors (Lipinski definition) is 2. The number of amides is 1. The van der Waals surface area contributed by atoms with Crippen molar-refractivity contribution in [1.82, 2.24) is 9.88 Å². The summed E-state index contributed by atoms with van der Waals surface area (Å²) in [6, 6.07) is 13.1. The summed E-state index contributed by atoms with van der Waals surface area (Å²) in [4.78, 5) is 18.2. The first-order chi connectivity index (χ1) is 13.1. The number of methoxy groups -OCH3 is 1. The van der Waals surface area contributed by atoms with Crippen LogP contribution in [0.25, 0.3) is 16.5 Å². The molecular formula is C22H23N3O2. The van der Waals surface area contributed by atoms with Gasteiger partial charge in [-0.1, -0.05) is 6.08 Å². The predicted molar refractivity (Wildman–Crippen MR) is 109 cm³/mol. The lowest BCUT2D eigenvalue weighted by molar-refractivity contribution is 0.102. The van der Waals surface area contributed by atoms with Crippen LogP contribution in [0.2, 0.25) is 0 Å². The number of fused-ring (bicyclic) bond motifs is 1. The average Bonchev–Trinajstić information content (AvgIpc) is 3.12. The molecule has 2 heterocycles. The minimum Gasteiger partial charge on any atom is -0.497 e. The molecule has 0 aliphatic carbocycles. The molecule has 1 aliphatic heterocycles. The molecule has 0 saturated carbocycles. The van der Waals surface area contributed by atoms with Gasteiger partial charge in [0.15, 0.2) is 0 Å². The van der Waals surface area contributed by atoms with E-state index in [1.807, 2.05) is 18.2 Å². The zero-order valence-corrected chi connectivity index (χ0v) is 15.6. The van der Waals surface area contributed by atoms with Crippen LogP contribution in [0.4, 0.5) is 5.69 Å². The van der Waals surface area contributed by atoms with Gasteiger partial charge in [-0.25, -0.2) is 0 Å². The molecule has 0 fully saturated rings. The van der Waals surface area contributed by atoms with E-state index in [0.29, 0.717) is 5.56 Å². The van der Waals surface area contributed by atoms with Gasteiger partial charge in [0.2, 0.25) is 0 Å². The number of nitrogens with zero attached hydrogens (tertiary/aromatic N) is 1. The van der Waals surface area contributed by atoms with Gasteiger partial charge < -0.3 is 19.9 Å². The lowest BCUT2D eigenvalue weighted by Crippen LogP contribution is -2.23. The van der Waals surface area contributed by atoms with Gasteiger partial charge in [-0.3, -0.25) is 4.79 Å². The summed E-state index contributed by atoms with van der Waals surface area (Å²) < 4.78 is 5.14. The van der Waals surface area contributed by atoms with Gasteiger partial charge in [-0.15, -0.1) is 0 Å².